The zero-order chi connectivity index (χ0) is 13.1. The number of amides is 1. The largest absolute Gasteiger partial charge is 0.396 e. The molecule has 0 aliphatic carbocycles. The fourth-order valence-electron chi connectivity index (χ4n) is 2.23. The van der Waals surface area contributed by atoms with Gasteiger partial charge in [0.25, 0.3) is 5.91 Å². The summed E-state index contributed by atoms with van der Waals surface area (Å²) in [6.07, 6.45) is 1.66. The van der Waals surface area contributed by atoms with E-state index >= 15 is 0 Å². The van der Waals surface area contributed by atoms with Gasteiger partial charge in [-0.1, -0.05) is 0 Å². The molecular weight excluding hydrogens is 240 g/mol. The second-order valence-corrected chi connectivity index (χ2v) is 4.57. The van der Waals surface area contributed by atoms with Crippen LogP contribution in [0.1, 0.15) is 23.2 Å². The summed E-state index contributed by atoms with van der Waals surface area (Å²) in [5, 5.41) is 9.09. The molecule has 1 atom stereocenters. The van der Waals surface area contributed by atoms with Crippen LogP contribution >= 0.6 is 0 Å². The number of piperidine rings is 1. The maximum Gasteiger partial charge on any atom is 0.256 e. The van der Waals surface area contributed by atoms with Crippen LogP contribution in [0.3, 0.4) is 0 Å². The number of likely N-dealkylation sites (tertiary alicyclic amines) is 1. The SMILES string of the molecule is O=C(c1ccc(F)cc1F)N1CCCC(CO)C1. The Balaban J connectivity index is 2.15. The van der Waals surface area contributed by atoms with E-state index in [-0.39, 0.29) is 18.1 Å². The summed E-state index contributed by atoms with van der Waals surface area (Å²) in [7, 11) is 0. The van der Waals surface area contributed by atoms with Crippen molar-refractivity contribution in [2.24, 2.45) is 5.92 Å². The molecule has 1 aromatic rings. The number of halogens is 2. The van der Waals surface area contributed by atoms with Crippen LogP contribution in [0.2, 0.25) is 0 Å². The lowest BCUT2D eigenvalue weighted by Crippen LogP contribution is -2.41. The first-order valence-corrected chi connectivity index (χ1v) is 5.97. The molecule has 1 saturated heterocycles. The number of benzene rings is 1. The number of aliphatic hydroxyl groups is 1. The molecule has 1 fully saturated rings. The van der Waals surface area contributed by atoms with Crippen LogP contribution in [-0.2, 0) is 0 Å². The summed E-state index contributed by atoms with van der Waals surface area (Å²) in [5.74, 6) is -1.93. The smallest absolute Gasteiger partial charge is 0.256 e. The highest BCUT2D eigenvalue weighted by molar-refractivity contribution is 5.94. The number of nitrogens with zero attached hydrogens (tertiary/aromatic N) is 1. The van der Waals surface area contributed by atoms with Crippen LogP contribution in [0.25, 0.3) is 0 Å². The van der Waals surface area contributed by atoms with Gasteiger partial charge in [0.05, 0.1) is 5.56 Å². The summed E-state index contributed by atoms with van der Waals surface area (Å²) in [4.78, 5) is 13.6. The van der Waals surface area contributed by atoms with Gasteiger partial charge < -0.3 is 10.0 Å². The van der Waals surface area contributed by atoms with Crippen molar-refractivity contribution in [2.75, 3.05) is 19.7 Å². The van der Waals surface area contributed by atoms with Crippen LogP contribution in [0.5, 0.6) is 0 Å². The normalized spacial score (nSPS) is 19.9. The lowest BCUT2D eigenvalue weighted by molar-refractivity contribution is 0.0616. The van der Waals surface area contributed by atoms with Crippen molar-refractivity contribution in [2.45, 2.75) is 12.8 Å². The molecule has 1 aliphatic heterocycles. The van der Waals surface area contributed by atoms with Crippen LogP contribution in [0, 0.1) is 17.6 Å². The molecule has 0 bridgehead atoms. The van der Waals surface area contributed by atoms with Gasteiger partial charge in [0.2, 0.25) is 0 Å². The molecule has 1 heterocycles. The molecule has 0 spiro atoms. The van der Waals surface area contributed by atoms with E-state index < -0.39 is 17.5 Å². The minimum atomic E-state index is -0.842. The van der Waals surface area contributed by atoms with E-state index in [4.69, 9.17) is 5.11 Å². The predicted octanol–water partition coefficient (Wildman–Crippen LogP) is 1.81. The number of hydrogen-bond donors (Lipinski definition) is 1. The van der Waals surface area contributed by atoms with Gasteiger partial charge in [-0.2, -0.15) is 0 Å². The maximum absolute atomic E-state index is 13.5. The van der Waals surface area contributed by atoms with Gasteiger partial charge in [0.15, 0.2) is 0 Å². The summed E-state index contributed by atoms with van der Waals surface area (Å²) in [6.45, 7) is 0.994. The van der Waals surface area contributed by atoms with E-state index in [0.717, 1.165) is 25.0 Å². The standard InChI is InChI=1S/C13H15F2NO2/c14-10-3-4-11(12(15)6-10)13(18)16-5-1-2-9(7-16)8-17/h3-4,6,9,17H,1-2,5,7-8H2. The highest BCUT2D eigenvalue weighted by Gasteiger charge is 2.25. The minimum Gasteiger partial charge on any atom is -0.396 e. The number of carbonyl (C=O) groups excluding carboxylic acids is 1. The highest BCUT2D eigenvalue weighted by Crippen LogP contribution is 2.19. The topological polar surface area (TPSA) is 40.5 Å². The molecule has 1 N–H and O–H groups in total. The van der Waals surface area contributed by atoms with Crippen molar-refractivity contribution in [1.29, 1.82) is 0 Å². The second kappa shape index (κ2) is 5.44. The predicted molar refractivity (Wildman–Crippen MR) is 62.1 cm³/mol. The van der Waals surface area contributed by atoms with Crippen molar-refractivity contribution in [3.8, 4) is 0 Å². The second-order valence-electron chi connectivity index (χ2n) is 4.57. The third-order valence-corrected chi connectivity index (χ3v) is 3.23. The Kier molecular flexibility index (Phi) is 3.91. The van der Waals surface area contributed by atoms with Gasteiger partial charge in [-0.15, -0.1) is 0 Å². The molecule has 98 valence electrons. The van der Waals surface area contributed by atoms with Gasteiger partial charge in [-0.25, -0.2) is 8.78 Å². The van der Waals surface area contributed by atoms with Crippen molar-refractivity contribution >= 4 is 5.91 Å². The summed E-state index contributed by atoms with van der Waals surface area (Å²) in [6, 6.07) is 2.94. The van der Waals surface area contributed by atoms with E-state index in [1.807, 2.05) is 0 Å². The monoisotopic (exact) mass is 255 g/mol. The third kappa shape index (κ3) is 2.67. The number of rotatable bonds is 2. The summed E-state index contributed by atoms with van der Waals surface area (Å²) < 4.78 is 26.3. The Morgan fingerprint density at radius 3 is 2.89 bits per heavy atom. The Bertz CT molecular complexity index is 451. The molecule has 0 radical (unpaired) electrons. The molecule has 5 heteroatoms. The number of aliphatic hydroxyl groups excluding tert-OH is 1. The van der Waals surface area contributed by atoms with Crippen molar-refractivity contribution in [3.05, 3.63) is 35.4 Å². The molecule has 3 nitrogen and oxygen atoms in total. The molecular formula is C13H15F2NO2. The first-order valence-electron chi connectivity index (χ1n) is 5.97. The van der Waals surface area contributed by atoms with Crippen molar-refractivity contribution < 1.29 is 18.7 Å². The average Bonchev–Trinajstić information content (AvgIpc) is 2.38. The molecule has 1 aromatic carbocycles. The lowest BCUT2D eigenvalue weighted by atomic mass is 9.98. The van der Waals surface area contributed by atoms with Gasteiger partial charge in [0, 0.05) is 25.8 Å². The highest BCUT2D eigenvalue weighted by atomic mass is 19.1. The van der Waals surface area contributed by atoms with E-state index in [2.05, 4.69) is 0 Å². The van der Waals surface area contributed by atoms with Crippen LogP contribution in [0.4, 0.5) is 8.78 Å². The molecule has 1 amide bonds. The molecule has 2 rings (SSSR count). The van der Waals surface area contributed by atoms with Gasteiger partial charge >= 0.3 is 0 Å². The minimum absolute atomic E-state index is 0.0235. The zero-order valence-corrected chi connectivity index (χ0v) is 9.90. The van der Waals surface area contributed by atoms with E-state index in [9.17, 15) is 13.6 Å². The molecule has 0 aromatic heterocycles. The summed E-state index contributed by atoms with van der Waals surface area (Å²) in [5.41, 5.74) is -0.116. The molecule has 18 heavy (non-hydrogen) atoms. The lowest BCUT2D eigenvalue weighted by Gasteiger charge is -2.32. The average molecular weight is 255 g/mol. The molecule has 1 unspecified atom stereocenters. The van der Waals surface area contributed by atoms with E-state index in [1.165, 1.54) is 4.90 Å². The van der Waals surface area contributed by atoms with E-state index in [0.29, 0.717) is 19.2 Å². The quantitative estimate of drug-likeness (QED) is 0.875. The Hall–Kier alpha value is -1.49. The Labute approximate surface area is 104 Å². The first kappa shape index (κ1) is 13.0. The zero-order valence-electron chi connectivity index (χ0n) is 9.90. The Morgan fingerprint density at radius 1 is 1.44 bits per heavy atom. The fourth-order valence-corrected chi connectivity index (χ4v) is 2.23. The summed E-state index contributed by atoms with van der Waals surface area (Å²) >= 11 is 0. The first-order chi connectivity index (χ1) is 8.61. The maximum atomic E-state index is 13.5. The number of hydrogen-bond acceptors (Lipinski definition) is 2. The number of carbonyl (C=O) groups is 1. The van der Waals surface area contributed by atoms with Crippen LogP contribution in [0.15, 0.2) is 18.2 Å². The van der Waals surface area contributed by atoms with Crippen molar-refractivity contribution in [1.82, 2.24) is 4.90 Å². The molecule has 1 aliphatic rings. The van der Waals surface area contributed by atoms with Gasteiger partial charge in [0.1, 0.15) is 11.6 Å². The van der Waals surface area contributed by atoms with Crippen LogP contribution < -0.4 is 0 Å². The Morgan fingerprint density at radius 2 is 2.22 bits per heavy atom. The van der Waals surface area contributed by atoms with Crippen LogP contribution in [-0.4, -0.2) is 35.6 Å². The third-order valence-electron chi connectivity index (χ3n) is 3.23. The van der Waals surface area contributed by atoms with E-state index in [1.54, 1.807) is 0 Å². The van der Waals surface area contributed by atoms with Crippen molar-refractivity contribution in [3.63, 3.8) is 0 Å². The van der Waals surface area contributed by atoms with Gasteiger partial charge in [-0.3, -0.25) is 4.79 Å². The fraction of sp³-hybridized carbons (Fsp3) is 0.462. The van der Waals surface area contributed by atoms with Gasteiger partial charge in [-0.05, 0) is 30.9 Å². The molecule has 0 saturated carbocycles.